The summed E-state index contributed by atoms with van der Waals surface area (Å²) in [5, 5.41) is 3.28. The van der Waals surface area contributed by atoms with Crippen molar-refractivity contribution in [2.24, 2.45) is 5.41 Å². The van der Waals surface area contributed by atoms with Crippen molar-refractivity contribution < 1.29 is 17.6 Å². The first-order valence-electron chi connectivity index (χ1n) is 6.76. The Morgan fingerprint density at radius 1 is 1.30 bits per heavy atom. The number of hydrogen-bond donors (Lipinski definition) is 2. The van der Waals surface area contributed by atoms with Gasteiger partial charge in [-0.2, -0.15) is 0 Å². The van der Waals surface area contributed by atoms with Crippen LogP contribution in [0, 0.1) is 5.41 Å². The highest BCUT2D eigenvalue weighted by Gasteiger charge is 2.26. The van der Waals surface area contributed by atoms with Crippen LogP contribution in [0.15, 0.2) is 21.6 Å². The summed E-state index contributed by atoms with van der Waals surface area (Å²) in [5.41, 5.74) is 0.241. The van der Waals surface area contributed by atoms with Crippen LogP contribution >= 0.6 is 0 Å². The number of sulfonamides is 1. The van der Waals surface area contributed by atoms with E-state index >= 15 is 0 Å². The molecule has 0 unspecified atom stereocenters. The molecule has 0 radical (unpaired) electrons. The van der Waals surface area contributed by atoms with E-state index in [9.17, 15) is 8.42 Å². The van der Waals surface area contributed by atoms with Gasteiger partial charge in [0.15, 0.2) is 0 Å². The maximum Gasteiger partial charge on any atom is 0.273 e. The SMILES string of the molecule is CNS(=O)(=O)c1ccc(CNCC2(C)CCOCC2)o1. The third-order valence-corrected chi connectivity index (χ3v) is 5.01. The summed E-state index contributed by atoms with van der Waals surface area (Å²) in [7, 11) is -2.13. The molecule has 0 atom stereocenters. The van der Waals surface area contributed by atoms with Crippen molar-refractivity contribution in [1.29, 1.82) is 0 Å². The zero-order valence-electron chi connectivity index (χ0n) is 11.9. The fourth-order valence-electron chi connectivity index (χ4n) is 2.23. The molecule has 20 heavy (non-hydrogen) atoms. The van der Waals surface area contributed by atoms with Crippen molar-refractivity contribution >= 4 is 10.0 Å². The minimum absolute atomic E-state index is 0.0471. The van der Waals surface area contributed by atoms with Gasteiger partial charge in [-0.25, -0.2) is 13.1 Å². The van der Waals surface area contributed by atoms with Crippen molar-refractivity contribution in [3.63, 3.8) is 0 Å². The standard InChI is InChI=1S/C13H22N2O4S/c1-13(5-7-18-8-6-13)10-15-9-11-3-4-12(19-11)20(16,17)14-2/h3-4,14-15H,5-10H2,1-2H3. The predicted octanol–water partition coefficient (Wildman–Crippen LogP) is 1.09. The van der Waals surface area contributed by atoms with Gasteiger partial charge in [0.2, 0.25) is 5.09 Å². The monoisotopic (exact) mass is 302 g/mol. The molecule has 1 aliphatic heterocycles. The Labute approximate surface area is 119 Å². The van der Waals surface area contributed by atoms with Crippen LogP contribution in [0.5, 0.6) is 0 Å². The van der Waals surface area contributed by atoms with Crippen molar-refractivity contribution in [3.05, 3.63) is 17.9 Å². The number of ether oxygens (including phenoxy) is 1. The molecule has 1 fully saturated rings. The minimum atomic E-state index is -3.50. The van der Waals surface area contributed by atoms with Crippen molar-refractivity contribution in [2.45, 2.75) is 31.4 Å². The van der Waals surface area contributed by atoms with E-state index in [4.69, 9.17) is 9.15 Å². The van der Waals surface area contributed by atoms with Gasteiger partial charge in [0.05, 0.1) is 6.54 Å². The second-order valence-electron chi connectivity index (χ2n) is 5.45. The number of nitrogens with one attached hydrogen (secondary N) is 2. The molecule has 2 N–H and O–H groups in total. The van der Waals surface area contributed by atoms with Crippen LogP contribution in [0.2, 0.25) is 0 Å². The van der Waals surface area contributed by atoms with Gasteiger partial charge >= 0.3 is 0 Å². The molecule has 0 saturated carbocycles. The van der Waals surface area contributed by atoms with Gasteiger partial charge in [0, 0.05) is 19.8 Å². The maximum atomic E-state index is 11.5. The molecule has 0 aliphatic carbocycles. The van der Waals surface area contributed by atoms with Crippen molar-refractivity contribution in [2.75, 3.05) is 26.8 Å². The van der Waals surface area contributed by atoms with Gasteiger partial charge in [0.25, 0.3) is 10.0 Å². The average molecular weight is 302 g/mol. The molecular weight excluding hydrogens is 280 g/mol. The number of rotatable bonds is 6. The molecule has 7 heteroatoms. The lowest BCUT2D eigenvalue weighted by molar-refractivity contribution is 0.0238. The van der Waals surface area contributed by atoms with Crippen LogP contribution in [-0.4, -0.2) is 35.2 Å². The zero-order valence-corrected chi connectivity index (χ0v) is 12.8. The van der Waals surface area contributed by atoms with Gasteiger partial charge in [-0.1, -0.05) is 6.92 Å². The summed E-state index contributed by atoms with van der Waals surface area (Å²) in [4.78, 5) is 0. The third kappa shape index (κ3) is 3.82. The highest BCUT2D eigenvalue weighted by molar-refractivity contribution is 7.89. The number of hydrogen-bond acceptors (Lipinski definition) is 5. The Kier molecular flexibility index (Phi) is 4.85. The topological polar surface area (TPSA) is 80.6 Å². The van der Waals surface area contributed by atoms with E-state index < -0.39 is 10.0 Å². The minimum Gasteiger partial charge on any atom is -0.447 e. The lowest BCUT2D eigenvalue weighted by Crippen LogP contribution is -2.36. The molecule has 1 aromatic rings. The van der Waals surface area contributed by atoms with Gasteiger partial charge in [-0.3, -0.25) is 0 Å². The largest absolute Gasteiger partial charge is 0.447 e. The first-order chi connectivity index (χ1) is 9.45. The molecule has 1 saturated heterocycles. The molecule has 0 aromatic carbocycles. The Balaban J connectivity index is 1.86. The maximum absolute atomic E-state index is 11.5. The average Bonchev–Trinajstić information content (AvgIpc) is 2.89. The Hall–Kier alpha value is -0.890. The fraction of sp³-hybridized carbons (Fsp3) is 0.692. The molecule has 1 aromatic heterocycles. The molecular formula is C13H22N2O4S. The second-order valence-corrected chi connectivity index (χ2v) is 7.27. The molecule has 1 aliphatic rings. The summed E-state index contributed by atoms with van der Waals surface area (Å²) < 4.78 is 36.0. The fourth-order valence-corrected chi connectivity index (χ4v) is 2.89. The quantitative estimate of drug-likeness (QED) is 0.822. The Morgan fingerprint density at radius 3 is 2.65 bits per heavy atom. The lowest BCUT2D eigenvalue weighted by atomic mass is 9.82. The van der Waals surface area contributed by atoms with Crippen LogP contribution in [0.1, 0.15) is 25.5 Å². The first-order valence-corrected chi connectivity index (χ1v) is 8.24. The molecule has 0 amide bonds. The van der Waals surface area contributed by atoms with Crippen LogP contribution in [0.3, 0.4) is 0 Å². The van der Waals surface area contributed by atoms with Gasteiger partial charge in [0.1, 0.15) is 5.76 Å². The van der Waals surface area contributed by atoms with E-state index in [1.807, 2.05) is 0 Å². The van der Waals surface area contributed by atoms with E-state index in [1.54, 1.807) is 6.07 Å². The molecule has 0 spiro atoms. The van der Waals surface area contributed by atoms with E-state index in [1.165, 1.54) is 13.1 Å². The van der Waals surface area contributed by atoms with Crippen LogP contribution in [-0.2, 0) is 21.3 Å². The summed E-state index contributed by atoms with van der Waals surface area (Å²) >= 11 is 0. The highest BCUT2D eigenvalue weighted by Crippen LogP contribution is 2.28. The van der Waals surface area contributed by atoms with Crippen LogP contribution in [0.4, 0.5) is 0 Å². The summed E-state index contributed by atoms with van der Waals surface area (Å²) in [6, 6.07) is 3.16. The summed E-state index contributed by atoms with van der Waals surface area (Å²) in [6.07, 6.45) is 2.08. The second kappa shape index (κ2) is 6.26. The molecule has 114 valence electrons. The normalized spacial score (nSPS) is 19.1. The van der Waals surface area contributed by atoms with E-state index in [-0.39, 0.29) is 10.5 Å². The molecule has 2 rings (SSSR count). The smallest absolute Gasteiger partial charge is 0.273 e. The van der Waals surface area contributed by atoms with Gasteiger partial charge in [-0.05, 0) is 37.4 Å². The van der Waals surface area contributed by atoms with Crippen molar-refractivity contribution in [3.8, 4) is 0 Å². The van der Waals surface area contributed by atoms with E-state index in [2.05, 4.69) is 17.0 Å². The number of furan rings is 1. The predicted molar refractivity (Wildman–Crippen MR) is 74.8 cm³/mol. The van der Waals surface area contributed by atoms with Gasteiger partial charge in [-0.15, -0.1) is 0 Å². The zero-order chi connectivity index (χ0) is 14.6. The van der Waals surface area contributed by atoms with E-state index in [0.717, 1.165) is 32.6 Å². The van der Waals surface area contributed by atoms with Crippen LogP contribution in [0.25, 0.3) is 0 Å². The third-order valence-electron chi connectivity index (χ3n) is 3.72. The van der Waals surface area contributed by atoms with Crippen molar-refractivity contribution in [1.82, 2.24) is 10.0 Å². The lowest BCUT2D eigenvalue weighted by Gasteiger charge is -2.33. The Bertz CT molecular complexity index is 532. The van der Waals surface area contributed by atoms with Gasteiger partial charge < -0.3 is 14.5 Å². The highest BCUT2D eigenvalue weighted by atomic mass is 32.2. The molecule has 6 nitrogen and oxygen atoms in total. The first kappa shape index (κ1) is 15.5. The summed E-state index contributed by atoms with van der Waals surface area (Å²) in [5.74, 6) is 0.620. The van der Waals surface area contributed by atoms with Crippen LogP contribution < -0.4 is 10.0 Å². The molecule has 2 heterocycles. The summed E-state index contributed by atoms with van der Waals surface area (Å²) in [6.45, 7) is 5.25. The Morgan fingerprint density at radius 2 is 2.00 bits per heavy atom. The molecule has 0 bridgehead atoms. The van der Waals surface area contributed by atoms with E-state index in [0.29, 0.717) is 12.3 Å².